The summed E-state index contributed by atoms with van der Waals surface area (Å²) in [6.45, 7) is 5.26. The number of carboxylic acids is 1. The van der Waals surface area contributed by atoms with Crippen molar-refractivity contribution in [3.63, 3.8) is 0 Å². The van der Waals surface area contributed by atoms with Crippen LogP contribution in [0.15, 0.2) is 24.3 Å². The van der Waals surface area contributed by atoms with Crippen molar-refractivity contribution in [1.82, 2.24) is 10.6 Å². The van der Waals surface area contributed by atoms with Gasteiger partial charge < -0.3 is 25.2 Å². The van der Waals surface area contributed by atoms with Crippen LogP contribution in [0.25, 0.3) is 0 Å². The number of aliphatic carboxylic acids is 1. The molecule has 6 rings (SSSR count). The average molecular weight is 499 g/mol. The molecule has 5 aliphatic rings. The summed E-state index contributed by atoms with van der Waals surface area (Å²) in [7, 11) is 0. The van der Waals surface area contributed by atoms with Crippen LogP contribution in [0.3, 0.4) is 0 Å². The van der Waals surface area contributed by atoms with E-state index < -0.39 is 5.97 Å². The molecule has 0 saturated heterocycles. The molecule has 0 aromatic heterocycles. The predicted octanol–water partition coefficient (Wildman–Crippen LogP) is 5.67. The lowest BCUT2D eigenvalue weighted by Gasteiger charge is -2.65. The molecular weight excluding hydrogens is 456 g/mol. The van der Waals surface area contributed by atoms with Crippen molar-refractivity contribution < 1.29 is 24.2 Å². The molecule has 0 aliphatic heterocycles. The summed E-state index contributed by atoms with van der Waals surface area (Å²) >= 11 is 0. The molecule has 36 heavy (non-hydrogen) atoms. The van der Waals surface area contributed by atoms with E-state index in [0.717, 1.165) is 56.6 Å². The van der Waals surface area contributed by atoms with Crippen molar-refractivity contribution in [3.8, 4) is 11.5 Å². The Bertz CT molecular complexity index is 937. The van der Waals surface area contributed by atoms with E-state index in [0.29, 0.717) is 29.6 Å². The maximum atomic E-state index is 13.0. The molecule has 2 amide bonds. The van der Waals surface area contributed by atoms with Gasteiger partial charge in [0.1, 0.15) is 11.5 Å². The molecule has 1 aromatic rings. The van der Waals surface area contributed by atoms with Crippen LogP contribution in [0.5, 0.6) is 11.5 Å². The van der Waals surface area contributed by atoms with Crippen LogP contribution in [0, 0.1) is 16.7 Å². The average Bonchev–Trinajstić information content (AvgIpc) is 2.76. The molecule has 198 valence electrons. The second kappa shape index (κ2) is 9.79. The van der Waals surface area contributed by atoms with E-state index in [-0.39, 0.29) is 30.1 Å². The van der Waals surface area contributed by atoms with Gasteiger partial charge in [0, 0.05) is 18.0 Å². The number of hydrogen-bond donors (Lipinski definition) is 3. The Labute approximate surface area is 214 Å². The second-order valence-corrected chi connectivity index (χ2v) is 12.9. The number of hydrogen-bond acceptors (Lipinski definition) is 4. The Hall–Kier alpha value is -2.44. The Balaban J connectivity index is 1.04. The predicted molar refractivity (Wildman–Crippen MR) is 137 cm³/mol. The number of ether oxygens (including phenoxy) is 2. The summed E-state index contributed by atoms with van der Waals surface area (Å²) in [4.78, 5) is 23.6. The number of carbonyl (C=O) groups is 2. The highest BCUT2D eigenvalue weighted by molar-refractivity contribution is 5.75. The fraction of sp³-hybridized carbons (Fsp3) is 0.724. The van der Waals surface area contributed by atoms with E-state index in [2.05, 4.69) is 24.5 Å². The topological polar surface area (TPSA) is 96.9 Å². The maximum absolute atomic E-state index is 13.0. The molecular formula is C29H42N2O5. The summed E-state index contributed by atoms with van der Waals surface area (Å²) in [5, 5.41) is 15.5. The number of carboxylic acid groups (broad SMARTS) is 1. The van der Waals surface area contributed by atoms with Crippen molar-refractivity contribution in [2.24, 2.45) is 16.7 Å². The standard InChI is InChI=1S/C29H42N2O5/c1-27-14-20-15-28(2,17-27)19-29(16-20,18-27)31-26(34)30-21-5-7-23(8-6-21)36-24-11-9-22(10-12-24)35-13-3-4-25(32)33/h9-12,20-21,23H,3-8,13-19H2,1-2H3,(H,32,33)(H2,30,31,34)/t20?,21?,23?,27-,28+,29?. The van der Waals surface area contributed by atoms with E-state index >= 15 is 0 Å². The molecule has 7 nitrogen and oxygen atoms in total. The van der Waals surface area contributed by atoms with E-state index in [4.69, 9.17) is 14.6 Å². The van der Waals surface area contributed by atoms with E-state index in [1.807, 2.05) is 24.3 Å². The van der Waals surface area contributed by atoms with Crippen LogP contribution in [0.2, 0.25) is 0 Å². The molecule has 0 spiro atoms. The first-order chi connectivity index (χ1) is 17.1. The second-order valence-electron chi connectivity index (χ2n) is 12.9. The fourth-order valence-corrected chi connectivity index (χ4v) is 8.59. The third-order valence-electron chi connectivity index (χ3n) is 8.94. The van der Waals surface area contributed by atoms with Crippen molar-refractivity contribution in [2.45, 2.75) is 109 Å². The highest BCUT2D eigenvalue weighted by atomic mass is 16.5. The lowest BCUT2D eigenvalue weighted by atomic mass is 9.43. The quantitative estimate of drug-likeness (QED) is 0.381. The van der Waals surface area contributed by atoms with Crippen LogP contribution >= 0.6 is 0 Å². The Morgan fingerprint density at radius 3 is 2.19 bits per heavy atom. The number of urea groups is 1. The van der Waals surface area contributed by atoms with Crippen molar-refractivity contribution in [2.75, 3.05) is 6.61 Å². The molecule has 1 aromatic carbocycles. The number of carbonyl (C=O) groups excluding carboxylic acids is 1. The smallest absolute Gasteiger partial charge is 0.315 e. The summed E-state index contributed by atoms with van der Waals surface area (Å²) in [5.74, 6) is 1.49. The van der Waals surface area contributed by atoms with Crippen LogP contribution in [0.4, 0.5) is 4.79 Å². The highest BCUT2D eigenvalue weighted by Crippen LogP contribution is 2.66. The molecule has 0 radical (unpaired) electrons. The summed E-state index contributed by atoms with van der Waals surface area (Å²) in [6.07, 6.45) is 11.8. The highest BCUT2D eigenvalue weighted by Gasteiger charge is 2.60. The van der Waals surface area contributed by atoms with Gasteiger partial charge in [0.05, 0.1) is 12.7 Å². The van der Waals surface area contributed by atoms with Gasteiger partial charge in [-0.25, -0.2) is 4.79 Å². The Morgan fingerprint density at radius 1 is 0.944 bits per heavy atom. The van der Waals surface area contributed by atoms with Gasteiger partial charge in [0.25, 0.3) is 0 Å². The largest absolute Gasteiger partial charge is 0.494 e. The Morgan fingerprint density at radius 2 is 1.58 bits per heavy atom. The SMILES string of the molecule is C[C@]12CC3CC(NC(=O)NC4CCC(Oc5ccc(OCCCC(=O)O)cc5)CC4)(C1)C[C@@](C)(C3)C2. The van der Waals surface area contributed by atoms with Gasteiger partial charge in [0.2, 0.25) is 0 Å². The molecule has 2 unspecified atom stereocenters. The number of rotatable bonds is 9. The van der Waals surface area contributed by atoms with Crippen molar-refractivity contribution in [1.29, 1.82) is 0 Å². The van der Waals surface area contributed by atoms with E-state index in [9.17, 15) is 9.59 Å². The van der Waals surface area contributed by atoms with Crippen LogP contribution in [-0.2, 0) is 4.79 Å². The third-order valence-corrected chi connectivity index (χ3v) is 8.94. The van der Waals surface area contributed by atoms with Gasteiger partial charge in [-0.1, -0.05) is 13.8 Å². The van der Waals surface area contributed by atoms with Gasteiger partial charge in [-0.2, -0.15) is 0 Å². The third kappa shape index (κ3) is 5.92. The molecule has 4 atom stereocenters. The van der Waals surface area contributed by atoms with Gasteiger partial charge in [-0.3, -0.25) is 4.79 Å². The van der Waals surface area contributed by atoms with E-state index in [1.54, 1.807) is 0 Å². The van der Waals surface area contributed by atoms with Crippen LogP contribution < -0.4 is 20.1 Å². The zero-order chi connectivity index (χ0) is 25.4. The minimum Gasteiger partial charge on any atom is -0.494 e. The lowest BCUT2D eigenvalue weighted by Crippen LogP contribution is -2.66. The number of benzene rings is 1. The van der Waals surface area contributed by atoms with Crippen LogP contribution in [-0.4, -0.2) is 41.4 Å². The van der Waals surface area contributed by atoms with Gasteiger partial charge >= 0.3 is 12.0 Å². The maximum Gasteiger partial charge on any atom is 0.315 e. The summed E-state index contributed by atoms with van der Waals surface area (Å²) in [5.41, 5.74) is 0.766. The molecule has 3 N–H and O–H groups in total. The molecule has 0 heterocycles. The first-order valence-electron chi connectivity index (χ1n) is 13.8. The monoisotopic (exact) mass is 498 g/mol. The Kier molecular flexibility index (Phi) is 6.86. The van der Waals surface area contributed by atoms with Crippen molar-refractivity contribution in [3.05, 3.63) is 24.3 Å². The van der Waals surface area contributed by atoms with Crippen LogP contribution in [0.1, 0.15) is 90.9 Å². The zero-order valence-corrected chi connectivity index (χ0v) is 21.8. The van der Waals surface area contributed by atoms with Crippen molar-refractivity contribution >= 4 is 12.0 Å². The van der Waals surface area contributed by atoms with Gasteiger partial charge in [0.15, 0.2) is 0 Å². The minimum absolute atomic E-state index is 0.0144. The molecule has 5 aliphatic carbocycles. The molecule has 7 heteroatoms. The number of nitrogens with one attached hydrogen (secondary N) is 2. The molecule has 4 bridgehead atoms. The first-order valence-corrected chi connectivity index (χ1v) is 13.8. The normalized spacial score (nSPS) is 36.8. The fourth-order valence-electron chi connectivity index (χ4n) is 8.59. The van der Waals surface area contributed by atoms with E-state index in [1.165, 1.54) is 19.3 Å². The molecule has 5 fully saturated rings. The first kappa shape index (κ1) is 25.2. The number of amides is 2. The summed E-state index contributed by atoms with van der Waals surface area (Å²) in [6, 6.07) is 7.74. The minimum atomic E-state index is -0.806. The zero-order valence-electron chi connectivity index (χ0n) is 21.8. The summed E-state index contributed by atoms with van der Waals surface area (Å²) < 4.78 is 11.8. The lowest BCUT2D eigenvalue weighted by molar-refractivity contribution is -0.137. The molecule has 5 saturated carbocycles. The van der Waals surface area contributed by atoms with Gasteiger partial charge in [-0.15, -0.1) is 0 Å². The van der Waals surface area contributed by atoms with Gasteiger partial charge in [-0.05, 0) is 112 Å².